The van der Waals surface area contributed by atoms with Gasteiger partial charge in [-0.2, -0.15) is 0 Å². The maximum atomic E-state index is 11.6. The predicted octanol–water partition coefficient (Wildman–Crippen LogP) is 0.772. The van der Waals surface area contributed by atoms with E-state index in [1.807, 2.05) is 0 Å². The van der Waals surface area contributed by atoms with Gasteiger partial charge in [0, 0.05) is 5.75 Å². The van der Waals surface area contributed by atoms with Gasteiger partial charge in [-0.25, -0.2) is 10.3 Å². The van der Waals surface area contributed by atoms with Crippen LogP contribution in [-0.2, 0) is 9.59 Å². The summed E-state index contributed by atoms with van der Waals surface area (Å²) in [7, 11) is 0. The molecule has 0 aromatic carbocycles. The van der Waals surface area contributed by atoms with E-state index in [0.717, 1.165) is 25.7 Å². The molecule has 8 heteroatoms. The highest BCUT2D eigenvalue weighted by Gasteiger charge is 2.31. The summed E-state index contributed by atoms with van der Waals surface area (Å²) >= 11 is 1.27. The Labute approximate surface area is 122 Å². The summed E-state index contributed by atoms with van der Waals surface area (Å²) in [5.74, 6) is -0.531. The predicted molar refractivity (Wildman–Crippen MR) is 75.4 cm³/mol. The maximum absolute atomic E-state index is 11.6. The van der Waals surface area contributed by atoms with Crippen LogP contribution in [0.25, 0.3) is 0 Å². The van der Waals surface area contributed by atoms with Crippen LogP contribution in [0, 0.1) is 0 Å². The molecule has 0 bridgehead atoms. The van der Waals surface area contributed by atoms with Crippen molar-refractivity contribution in [2.45, 2.75) is 50.3 Å². The first-order valence-corrected chi connectivity index (χ1v) is 7.80. The normalized spacial score (nSPS) is 19.4. The van der Waals surface area contributed by atoms with E-state index < -0.39 is 23.2 Å². The van der Waals surface area contributed by atoms with Crippen LogP contribution in [0.3, 0.4) is 0 Å². The highest BCUT2D eigenvalue weighted by Crippen LogP contribution is 2.20. The Morgan fingerprint density at radius 1 is 1.40 bits per heavy atom. The van der Waals surface area contributed by atoms with Gasteiger partial charge in [-0.15, -0.1) is 11.8 Å². The first-order chi connectivity index (χ1) is 9.58. The van der Waals surface area contributed by atoms with Crippen molar-refractivity contribution in [3.05, 3.63) is 0 Å². The molecule has 0 spiro atoms. The first kappa shape index (κ1) is 16.8. The van der Waals surface area contributed by atoms with Crippen molar-refractivity contribution in [1.82, 2.24) is 16.1 Å². The van der Waals surface area contributed by atoms with E-state index in [1.54, 1.807) is 5.48 Å². The Hall–Kier alpha value is -1.28. The third-order valence-corrected chi connectivity index (χ3v) is 4.42. The van der Waals surface area contributed by atoms with Crippen molar-refractivity contribution in [2.75, 3.05) is 5.75 Å². The third-order valence-electron chi connectivity index (χ3n) is 3.05. The SMILES string of the molecule is CCCCCCC(SCC1NC(=O)NC1=O)C(=O)NO. The lowest BCUT2D eigenvalue weighted by Gasteiger charge is -2.16. The fourth-order valence-corrected chi connectivity index (χ4v) is 3.10. The number of hydrogen-bond donors (Lipinski definition) is 4. The zero-order chi connectivity index (χ0) is 15.0. The maximum Gasteiger partial charge on any atom is 0.322 e. The molecule has 1 rings (SSSR count). The molecule has 4 N–H and O–H groups in total. The number of hydroxylamine groups is 1. The summed E-state index contributed by atoms with van der Waals surface area (Å²) in [4.78, 5) is 33.9. The van der Waals surface area contributed by atoms with Crippen molar-refractivity contribution >= 4 is 29.6 Å². The summed E-state index contributed by atoms with van der Waals surface area (Å²) in [6.45, 7) is 2.11. The van der Waals surface area contributed by atoms with Crippen LogP contribution in [0.1, 0.15) is 39.0 Å². The van der Waals surface area contributed by atoms with Gasteiger partial charge in [-0.05, 0) is 6.42 Å². The van der Waals surface area contributed by atoms with Gasteiger partial charge in [0.05, 0.1) is 5.25 Å². The molecule has 0 aromatic rings. The zero-order valence-corrected chi connectivity index (χ0v) is 12.3. The smallest absolute Gasteiger partial charge is 0.322 e. The van der Waals surface area contributed by atoms with Crippen LogP contribution >= 0.6 is 11.8 Å². The van der Waals surface area contributed by atoms with E-state index in [4.69, 9.17) is 5.21 Å². The molecule has 2 atom stereocenters. The molecule has 1 fully saturated rings. The minimum absolute atomic E-state index is 0.309. The summed E-state index contributed by atoms with van der Waals surface area (Å²) in [6.07, 6.45) is 4.78. The second-order valence-corrected chi connectivity index (χ2v) is 5.90. The fourth-order valence-electron chi connectivity index (χ4n) is 1.91. The number of urea groups is 1. The summed E-state index contributed by atoms with van der Waals surface area (Å²) < 4.78 is 0. The molecule has 0 radical (unpaired) electrons. The summed E-state index contributed by atoms with van der Waals surface area (Å²) in [6, 6.07) is -1.12. The summed E-state index contributed by atoms with van der Waals surface area (Å²) in [5, 5.41) is 12.9. The number of nitrogens with one attached hydrogen (secondary N) is 3. The molecule has 7 nitrogen and oxygen atoms in total. The highest BCUT2D eigenvalue weighted by atomic mass is 32.2. The number of hydrogen-bond acceptors (Lipinski definition) is 5. The van der Waals surface area contributed by atoms with Crippen LogP contribution in [0.2, 0.25) is 0 Å². The largest absolute Gasteiger partial charge is 0.325 e. The average molecular weight is 303 g/mol. The fraction of sp³-hybridized carbons (Fsp3) is 0.750. The van der Waals surface area contributed by atoms with Gasteiger partial charge < -0.3 is 5.32 Å². The lowest BCUT2D eigenvalue weighted by atomic mass is 10.1. The van der Waals surface area contributed by atoms with Gasteiger partial charge in [0.25, 0.3) is 11.8 Å². The summed E-state index contributed by atoms with van der Waals surface area (Å²) in [5.41, 5.74) is 1.65. The Kier molecular flexibility index (Phi) is 7.38. The molecule has 4 amide bonds. The van der Waals surface area contributed by atoms with Crippen molar-refractivity contribution in [3.63, 3.8) is 0 Å². The number of carbonyl (C=O) groups excluding carboxylic acids is 3. The van der Waals surface area contributed by atoms with E-state index in [-0.39, 0.29) is 5.91 Å². The molecular weight excluding hydrogens is 282 g/mol. The van der Waals surface area contributed by atoms with E-state index in [2.05, 4.69) is 17.6 Å². The van der Waals surface area contributed by atoms with Crippen molar-refractivity contribution in [3.8, 4) is 0 Å². The van der Waals surface area contributed by atoms with E-state index in [9.17, 15) is 14.4 Å². The Morgan fingerprint density at radius 2 is 2.15 bits per heavy atom. The molecule has 1 heterocycles. The molecule has 0 aliphatic carbocycles. The monoisotopic (exact) mass is 303 g/mol. The quantitative estimate of drug-likeness (QED) is 0.218. The van der Waals surface area contributed by atoms with Crippen molar-refractivity contribution in [1.29, 1.82) is 0 Å². The number of carbonyl (C=O) groups is 3. The third kappa shape index (κ3) is 5.38. The second-order valence-electron chi connectivity index (χ2n) is 4.66. The lowest BCUT2D eigenvalue weighted by molar-refractivity contribution is -0.128. The average Bonchev–Trinajstić information content (AvgIpc) is 2.75. The molecule has 0 saturated carbocycles. The van der Waals surface area contributed by atoms with E-state index >= 15 is 0 Å². The number of imide groups is 1. The number of thioether (sulfide) groups is 1. The molecule has 1 aliphatic rings. The van der Waals surface area contributed by atoms with Crippen molar-refractivity contribution in [2.24, 2.45) is 0 Å². The van der Waals surface area contributed by atoms with Gasteiger partial charge in [0.2, 0.25) is 0 Å². The highest BCUT2D eigenvalue weighted by molar-refractivity contribution is 8.00. The first-order valence-electron chi connectivity index (χ1n) is 6.75. The Balaban J connectivity index is 2.38. The van der Waals surface area contributed by atoms with Gasteiger partial charge in [0.1, 0.15) is 6.04 Å². The van der Waals surface area contributed by atoms with Crippen LogP contribution in [0.4, 0.5) is 4.79 Å². The van der Waals surface area contributed by atoms with Crippen LogP contribution in [-0.4, -0.2) is 40.1 Å². The molecule has 20 heavy (non-hydrogen) atoms. The van der Waals surface area contributed by atoms with Crippen LogP contribution < -0.4 is 16.1 Å². The van der Waals surface area contributed by atoms with Crippen molar-refractivity contribution < 1.29 is 19.6 Å². The van der Waals surface area contributed by atoms with Gasteiger partial charge >= 0.3 is 6.03 Å². The molecule has 0 aromatic heterocycles. The molecule has 1 aliphatic heterocycles. The second kappa shape index (κ2) is 8.80. The molecular formula is C12H21N3O4S. The van der Waals surface area contributed by atoms with Crippen LogP contribution in [0.15, 0.2) is 0 Å². The number of rotatable bonds is 9. The van der Waals surface area contributed by atoms with Crippen LogP contribution in [0.5, 0.6) is 0 Å². The van der Waals surface area contributed by atoms with E-state index in [1.165, 1.54) is 11.8 Å². The Morgan fingerprint density at radius 3 is 2.70 bits per heavy atom. The van der Waals surface area contributed by atoms with Gasteiger partial charge in [-0.1, -0.05) is 32.6 Å². The molecule has 2 unspecified atom stereocenters. The minimum Gasteiger partial charge on any atom is -0.325 e. The number of unbranched alkanes of at least 4 members (excludes halogenated alkanes) is 3. The van der Waals surface area contributed by atoms with Gasteiger partial charge in [-0.3, -0.25) is 20.1 Å². The minimum atomic E-state index is -0.614. The Bertz CT molecular complexity index is 365. The zero-order valence-electron chi connectivity index (χ0n) is 11.5. The molecule has 1 saturated heterocycles. The topological polar surface area (TPSA) is 108 Å². The number of amides is 4. The molecule has 114 valence electrons. The van der Waals surface area contributed by atoms with Gasteiger partial charge in [0.15, 0.2) is 0 Å². The lowest BCUT2D eigenvalue weighted by Crippen LogP contribution is -2.35. The standard InChI is InChI=1S/C12H21N3O4S/c1-2-3-4-5-6-9(11(17)15-19)20-7-8-10(16)14-12(18)13-8/h8-9,19H,2-7H2,1H3,(H,15,17)(H2,13,14,16,18). The van der Waals surface area contributed by atoms with E-state index in [0.29, 0.717) is 12.2 Å².